The van der Waals surface area contributed by atoms with Gasteiger partial charge in [0.1, 0.15) is 5.69 Å². The zero-order valence-corrected chi connectivity index (χ0v) is 13.8. The van der Waals surface area contributed by atoms with Crippen molar-refractivity contribution in [2.24, 2.45) is 0 Å². The molecule has 116 valence electrons. The summed E-state index contributed by atoms with van der Waals surface area (Å²) in [5.74, 6) is 0.162. The molecule has 0 aliphatic heterocycles. The van der Waals surface area contributed by atoms with Gasteiger partial charge in [-0.15, -0.1) is 0 Å². The van der Waals surface area contributed by atoms with E-state index in [4.69, 9.17) is 23.2 Å². The summed E-state index contributed by atoms with van der Waals surface area (Å²) in [5, 5.41) is 3.61. The minimum absolute atomic E-state index is 0.271. The van der Waals surface area contributed by atoms with Crippen LogP contribution >= 0.6 is 23.2 Å². The van der Waals surface area contributed by atoms with Crippen molar-refractivity contribution >= 4 is 40.7 Å². The maximum absolute atomic E-state index is 12.3. The van der Waals surface area contributed by atoms with E-state index >= 15 is 0 Å². The highest BCUT2D eigenvalue weighted by Gasteiger charge is 2.13. The zero-order valence-electron chi connectivity index (χ0n) is 12.3. The number of aromatic nitrogens is 2. The lowest BCUT2D eigenvalue weighted by Gasteiger charge is -2.18. The molecule has 0 bridgehead atoms. The summed E-state index contributed by atoms with van der Waals surface area (Å²) in [6.07, 6.45) is 1.56. The fourth-order valence-corrected chi connectivity index (χ4v) is 2.25. The van der Waals surface area contributed by atoms with E-state index < -0.39 is 0 Å². The molecule has 0 fully saturated rings. The van der Waals surface area contributed by atoms with Gasteiger partial charge in [0.25, 0.3) is 5.91 Å². The standard InChI is InChI=1S/C15H16Cl2N4O/c1-3-21(4-2)15-18-8-7-12(20-15)14(22)19-13-9-10(16)5-6-11(13)17/h5-9H,3-4H2,1-2H3,(H,19,22). The summed E-state index contributed by atoms with van der Waals surface area (Å²) < 4.78 is 0. The quantitative estimate of drug-likeness (QED) is 0.898. The molecule has 1 aromatic carbocycles. The Balaban J connectivity index is 2.23. The molecule has 22 heavy (non-hydrogen) atoms. The maximum atomic E-state index is 12.3. The van der Waals surface area contributed by atoms with Crippen molar-refractivity contribution in [1.82, 2.24) is 9.97 Å². The van der Waals surface area contributed by atoms with Crippen LogP contribution in [-0.2, 0) is 0 Å². The first-order chi connectivity index (χ1) is 10.5. The Hall–Kier alpha value is -1.85. The third kappa shape index (κ3) is 3.87. The molecule has 1 heterocycles. The Morgan fingerprint density at radius 3 is 2.64 bits per heavy atom. The van der Waals surface area contributed by atoms with Gasteiger partial charge in [0, 0.05) is 24.3 Å². The summed E-state index contributed by atoms with van der Waals surface area (Å²) in [4.78, 5) is 22.7. The van der Waals surface area contributed by atoms with E-state index in [-0.39, 0.29) is 11.6 Å². The summed E-state index contributed by atoms with van der Waals surface area (Å²) in [6, 6.07) is 6.43. The fourth-order valence-electron chi connectivity index (χ4n) is 1.91. The first-order valence-electron chi connectivity index (χ1n) is 6.89. The molecule has 0 unspecified atom stereocenters. The first kappa shape index (κ1) is 16.5. The number of nitrogens with zero attached hydrogens (tertiary/aromatic N) is 3. The van der Waals surface area contributed by atoms with Crippen LogP contribution in [0, 0.1) is 0 Å². The largest absolute Gasteiger partial charge is 0.341 e. The van der Waals surface area contributed by atoms with Crippen molar-refractivity contribution < 1.29 is 4.79 Å². The molecule has 0 atom stereocenters. The number of hydrogen-bond donors (Lipinski definition) is 1. The van der Waals surface area contributed by atoms with Gasteiger partial charge in [0.05, 0.1) is 10.7 Å². The Kier molecular flexibility index (Phi) is 5.57. The van der Waals surface area contributed by atoms with Gasteiger partial charge in [-0.05, 0) is 38.1 Å². The molecule has 0 aliphatic rings. The van der Waals surface area contributed by atoms with E-state index in [1.807, 2.05) is 18.7 Å². The average Bonchev–Trinajstić information content (AvgIpc) is 2.52. The number of nitrogens with one attached hydrogen (secondary N) is 1. The summed E-state index contributed by atoms with van der Waals surface area (Å²) in [7, 11) is 0. The molecule has 0 spiro atoms. The zero-order chi connectivity index (χ0) is 16.1. The molecule has 0 aliphatic carbocycles. The lowest BCUT2D eigenvalue weighted by Crippen LogP contribution is -2.25. The number of rotatable bonds is 5. The Bertz CT molecular complexity index is 674. The Morgan fingerprint density at radius 1 is 1.23 bits per heavy atom. The molecule has 0 saturated carbocycles. The van der Waals surface area contributed by atoms with Crippen LogP contribution in [0.3, 0.4) is 0 Å². The maximum Gasteiger partial charge on any atom is 0.274 e. The number of hydrogen-bond acceptors (Lipinski definition) is 4. The van der Waals surface area contributed by atoms with Gasteiger partial charge in [-0.3, -0.25) is 4.79 Å². The highest BCUT2D eigenvalue weighted by atomic mass is 35.5. The second kappa shape index (κ2) is 7.42. The van der Waals surface area contributed by atoms with Crippen LogP contribution in [0.5, 0.6) is 0 Å². The number of halogens is 2. The second-order valence-corrected chi connectivity index (χ2v) is 5.34. The summed E-state index contributed by atoms with van der Waals surface area (Å²) >= 11 is 11.9. The van der Waals surface area contributed by atoms with Crippen LogP contribution in [0.1, 0.15) is 24.3 Å². The lowest BCUT2D eigenvalue weighted by molar-refractivity contribution is 0.102. The molecule has 0 radical (unpaired) electrons. The van der Waals surface area contributed by atoms with Gasteiger partial charge >= 0.3 is 0 Å². The van der Waals surface area contributed by atoms with Crippen LogP contribution in [0.25, 0.3) is 0 Å². The molecule has 2 aromatic rings. The highest BCUT2D eigenvalue weighted by Crippen LogP contribution is 2.25. The van der Waals surface area contributed by atoms with E-state index in [1.54, 1.807) is 30.5 Å². The first-order valence-corrected chi connectivity index (χ1v) is 7.65. The Labute approximate surface area is 139 Å². The number of anilines is 2. The number of carbonyl (C=O) groups is 1. The minimum Gasteiger partial charge on any atom is -0.341 e. The molecule has 0 saturated heterocycles. The van der Waals surface area contributed by atoms with Crippen molar-refractivity contribution in [3.05, 3.63) is 46.2 Å². The third-order valence-corrected chi connectivity index (χ3v) is 3.66. The summed E-state index contributed by atoms with van der Waals surface area (Å²) in [6.45, 7) is 5.54. The Morgan fingerprint density at radius 2 is 1.95 bits per heavy atom. The number of benzene rings is 1. The van der Waals surface area contributed by atoms with Crippen molar-refractivity contribution in [2.75, 3.05) is 23.3 Å². The van der Waals surface area contributed by atoms with Crippen molar-refractivity contribution in [1.29, 1.82) is 0 Å². The van der Waals surface area contributed by atoms with Gasteiger partial charge in [-0.1, -0.05) is 23.2 Å². The van der Waals surface area contributed by atoms with Crippen LogP contribution in [0.15, 0.2) is 30.5 Å². The molecule has 1 amide bonds. The topological polar surface area (TPSA) is 58.1 Å². The molecule has 2 rings (SSSR count). The van der Waals surface area contributed by atoms with E-state index in [1.165, 1.54) is 0 Å². The van der Waals surface area contributed by atoms with E-state index in [9.17, 15) is 4.79 Å². The molecular weight excluding hydrogens is 323 g/mol. The smallest absolute Gasteiger partial charge is 0.274 e. The van der Waals surface area contributed by atoms with Gasteiger partial charge in [-0.2, -0.15) is 0 Å². The molecule has 1 N–H and O–H groups in total. The van der Waals surface area contributed by atoms with Crippen LogP contribution < -0.4 is 10.2 Å². The van der Waals surface area contributed by atoms with Crippen LogP contribution in [-0.4, -0.2) is 29.0 Å². The van der Waals surface area contributed by atoms with Crippen molar-refractivity contribution in [3.8, 4) is 0 Å². The van der Waals surface area contributed by atoms with E-state index in [0.29, 0.717) is 21.7 Å². The van der Waals surface area contributed by atoms with Crippen LogP contribution in [0.4, 0.5) is 11.6 Å². The molecule has 1 aromatic heterocycles. The highest BCUT2D eigenvalue weighted by molar-refractivity contribution is 6.35. The van der Waals surface area contributed by atoms with Crippen molar-refractivity contribution in [2.45, 2.75) is 13.8 Å². The molecule has 7 heteroatoms. The minimum atomic E-state index is -0.361. The molecule has 5 nitrogen and oxygen atoms in total. The average molecular weight is 339 g/mol. The van der Waals surface area contributed by atoms with Gasteiger partial charge in [0.15, 0.2) is 0 Å². The van der Waals surface area contributed by atoms with Gasteiger partial charge in [-0.25, -0.2) is 9.97 Å². The second-order valence-electron chi connectivity index (χ2n) is 4.49. The molecular formula is C15H16Cl2N4O. The fraction of sp³-hybridized carbons (Fsp3) is 0.267. The monoisotopic (exact) mass is 338 g/mol. The normalized spacial score (nSPS) is 10.4. The van der Waals surface area contributed by atoms with Gasteiger partial charge in [0.2, 0.25) is 5.95 Å². The lowest BCUT2D eigenvalue weighted by atomic mass is 10.3. The summed E-state index contributed by atoms with van der Waals surface area (Å²) in [5.41, 5.74) is 0.718. The van der Waals surface area contributed by atoms with E-state index in [2.05, 4.69) is 15.3 Å². The predicted octanol–water partition coefficient (Wildman–Crippen LogP) is 3.88. The predicted molar refractivity (Wildman–Crippen MR) is 90.0 cm³/mol. The van der Waals surface area contributed by atoms with Crippen molar-refractivity contribution in [3.63, 3.8) is 0 Å². The van der Waals surface area contributed by atoms with Crippen LogP contribution in [0.2, 0.25) is 10.0 Å². The SMILES string of the molecule is CCN(CC)c1nccc(C(=O)Nc2cc(Cl)ccc2Cl)n1. The third-order valence-electron chi connectivity index (χ3n) is 3.10. The van der Waals surface area contributed by atoms with Gasteiger partial charge < -0.3 is 10.2 Å². The van der Waals surface area contributed by atoms with E-state index in [0.717, 1.165) is 13.1 Å². The number of amides is 1. The number of carbonyl (C=O) groups excluding carboxylic acids is 1.